The second-order valence-electron chi connectivity index (χ2n) is 4.19. The molecule has 0 aromatic carbocycles. The molecule has 92 valence electrons. The van der Waals surface area contributed by atoms with Crippen LogP contribution in [0.5, 0.6) is 0 Å². The number of morpholine rings is 1. The van der Waals surface area contributed by atoms with Gasteiger partial charge >= 0.3 is 0 Å². The van der Waals surface area contributed by atoms with Crippen molar-refractivity contribution < 1.29 is 9.47 Å². The third-order valence-electron chi connectivity index (χ3n) is 3.21. The van der Waals surface area contributed by atoms with Crippen LogP contribution in [0.2, 0.25) is 0 Å². The van der Waals surface area contributed by atoms with Gasteiger partial charge in [-0.05, 0) is 12.6 Å². The fourth-order valence-electron chi connectivity index (χ4n) is 2.25. The number of rotatable bonds is 4. The molecule has 0 aromatic rings. The van der Waals surface area contributed by atoms with E-state index in [-0.39, 0.29) is 12.1 Å². The lowest BCUT2D eigenvalue weighted by Gasteiger charge is -2.36. The summed E-state index contributed by atoms with van der Waals surface area (Å²) in [5.41, 5.74) is 2.81. The van der Waals surface area contributed by atoms with Crippen LogP contribution >= 0.6 is 0 Å². The first-order chi connectivity index (χ1) is 7.85. The number of ether oxygens (including phenoxy) is 2. The maximum Gasteiger partial charge on any atom is 0.113 e. The number of likely N-dealkylation sites (N-methyl/N-ethyl adjacent to an activating group) is 1. The van der Waals surface area contributed by atoms with Gasteiger partial charge in [-0.3, -0.25) is 10.7 Å². The van der Waals surface area contributed by atoms with Crippen molar-refractivity contribution in [2.24, 2.45) is 5.84 Å². The Morgan fingerprint density at radius 2 is 2.50 bits per heavy atom. The molecule has 1 saturated heterocycles. The van der Waals surface area contributed by atoms with E-state index in [4.69, 9.17) is 15.3 Å². The normalized spacial score (nSPS) is 28.6. The fraction of sp³-hybridized carbons (Fsp3) is 0.818. The molecule has 0 bridgehead atoms. The van der Waals surface area contributed by atoms with Crippen molar-refractivity contribution in [3.8, 4) is 0 Å². The van der Waals surface area contributed by atoms with E-state index in [9.17, 15) is 0 Å². The molecule has 2 aliphatic heterocycles. The first kappa shape index (κ1) is 11.9. The molecule has 3 N–H and O–H groups in total. The highest BCUT2D eigenvalue weighted by Gasteiger charge is 2.31. The average Bonchev–Trinajstić information content (AvgIpc) is 2.84. The number of hydrogen-bond donors (Lipinski definition) is 2. The van der Waals surface area contributed by atoms with Crippen molar-refractivity contribution >= 4 is 0 Å². The summed E-state index contributed by atoms with van der Waals surface area (Å²) in [6.07, 6.45) is 3.15. The summed E-state index contributed by atoms with van der Waals surface area (Å²) in [4.78, 5) is 2.37. The zero-order valence-electron chi connectivity index (χ0n) is 9.82. The predicted octanol–water partition coefficient (Wildman–Crippen LogP) is -0.157. The van der Waals surface area contributed by atoms with Gasteiger partial charge in [0.15, 0.2) is 0 Å². The standard InChI is InChI=1S/C11H21N3O2/c1-2-14-5-7-16-10(8-14)11(13-12)9-4-3-6-15-9/h4,10-11,13H,2-3,5-8,12H2,1H3. The van der Waals surface area contributed by atoms with Gasteiger partial charge in [0, 0.05) is 19.5 Å². The molecule has 2 heterocycles. The minimum absolute atomic E-state index is 0.0168. The smallest absolute Gasteiger partial charge is 0.113 e. The molecule has 0 saturated carbocycles. The summed E-state index contributed by atoms with van der Waals surface area (Å²) < 4.78 is 11.3. The highest BCUT2D eigenvalue weighted by atomic mass is 16.5. The fourth-order valence-corrected chi connectivity index (χ4v) is 2.25. The molecule has 0 aromatic heterocycles. The zero-order chi connectivity index (χ0) is 11.4. The van der Waals surface area contributed by atoms with Crippen LogP contribution in [0.3, 0.4) is 0 Å². The third kappa shape index (κ3) is 2.55. The van der Waals surface area contributed by atoms with E-state index in [1.54, 1.807) is 0 Å². The predicted molar refractivity (Wildman–Crippen MR) is 61.6 cm³/mol. The van der Waals surface area contributed by atoms with Crippen LogP contribution < -0.4 is 11.3 Å². The summed E-state index contributed by atoms with van der Waals surface area (Å²) in [5.74, 6) is 6.54. The van der Waals surface area contributed by atoms with E-state index in [0.717, 1.165) is 45.0 Å². The molecule has 2 rings (SSSR count). The first-order valence-corrected chi connectivity index (χ1v) is 5.98. The van der Waals surface area contributed by atoms with Crippen molar-refractivity contribution in [2.75, 3.05) is 32.8 Å². The summed E-state index contributed by atoms with van der Waals surface area (Å²) >= 11 is 0. The van der Waals surface area contributed by atoms with Crippen molar-refractivity contribution in [3.05, 3.63) is 11.8 Å². The summed E-state index contributed by atoms with van der Waals surface area (Å²) in [5, 5.41) is 0. The molecule has 0 radical (unpaired) electrons. The molecule has 0 aliphatic carbocycles. The van der Waals surface area contributed by atoms with Crippen molar-refractivity contribution in [1.82, 2.24) is 10.3 Å². The Kier molecular flexibility index (Phi) is 4.17. The molecule has 5 heteroatoms. The number of hydrazine groups is 1. The van der Waals surface area contributed by atoms with E-state index in [2.05, 4.69) is 23.3 Å². The van der Waals surface area contributed by atoms with Crippen LogP contribution in [-0.2, 0) is 9.47 Å². The van der Waals surface area contributed by atoms with Gasteiger partial charge in [-0.15, -0.1) is 0 Å². The van der Waals surface area contributed by atoms with E-state index in [0.29, 0.717) is 0 Å². The van der Waals surface area contributed by atoms with Gasteiger partial charge < -0.3 is 9.47 Å². The van der Waals surface area contributed by atoms with E-state index < -0.39 is 0 Å². The van der Waals surface area contributed by atoms with E-state index in [1.807, 2.05) is 0 Å². The molecule has 2 atom stereocenters. The van der Waals surface area contributed by atoms with Crippen LogP contribution in [0.4, 0.5) is 0 Å². The molecule has 1 fully saturated rings. The highest BCUT2D eigenvalue weighted by Crippen LogP contribution is 2.19. The Hall–Kier alpha value is -0.620. The maximum atomic E-state index is 5.77. The van der Waals surface area contributed by atoms with Gasteiger partial charge in [0.2, 0.25) is 0 Å². The van der Waals surface area contributed by atoms with Crippen LogP contribution in [0.1, 0.15) is 13.3 Å². The number of hydrogen-bond acceptors (Lipinski definition) is 5. The average molecular weight is 227 g/mol. The molecular weight excluding hydrogens is 206 g/mol. The maximum absolute atomic E-state index is 5.77. The van der Waals surface area contributed by atoms with Gasteiger partial charge in [-0.2, -0.15) is 0 Å². The first-order valence-electron chi connectivity index (χ1n) is 5.98. The van der Waals surface area contributed by atoms with Gasteiger partial charge in [-0.1, -0.05) is 6.92 Å². The molecule has 0 amide bonds. The minimum Gasteiger partial charge on any atom is -0.496 e. The quantitative estimate of drug-likeness (QED) is 0.516. The monoisotopic (exact) mass is 227 g/mol. The lowest BCUT2D eigenvalue weighted by Crippen LogP contribution is -2.54. The van der Waals surface area contributed by atoms with Crippen molar-refractivity contribution in [1.29, 1.82) is 0 Å². The van der Waals surface area contributed by atoms with Gasteiger partial charge in [0.25, 0.3) is 0 Å². The van der Waals surface area contributed by atoms with Crippen molar-refractivity contribution in [2.45, 2.75) is 25.5 Å². The third-order valence-corrected chi connectivity index (χ3v) is 3.21. The Morgan fingerprint density at radius 1 is 1.62 bits per heavy atom. The second kappa shape index (κ2) is 5.63. The summed E-state index contributed by atoms with van der Waals surface area (Å²) in [7, 11) is 0. The lowest BCUT2D eigenvalue weighted by molar-refractivity contribution is -0.0461. The Morgan fingerprint density at radius 3 is 3.12 bits per heavy atom. The highest BCUT2D eigenvalue weighted by molar-refractivity contribution is 5.10. The van der Waals surface area contributed by atoms with Gasteiger partial charge in [-0.25, -0.2) is 5.43 Å². The second-order valence-corrected chi connectivity index (χ2v) is 4.19. The number of nitrogens with two attached hydrogens (primary N) is 1. The van der Waals surface area contributed by atoms with Gasteiger partial charge in [0.05, 0.1) is 19.3 Å². The summed E-state index contributed by atoms with van der Waals surface area (Å²) in [6, 6.07) is -0.0168. The molecule has 0 spiro atoms. The largest absolute Gasteiger partial charge is 0.496 e. The molecule has 16 heavy (non-hydrogen) atoms. The van der Waals surface area contributed by atoms with Crippen LogP contribution in [0.25, 0.3) is 0 Å². The zero-order valence-corrected chi connectivity index (χ0v) is 9.82. The molecule has 2 aliphatic rings. The SMILES string of the molecule is CCN1CCOC(C(NN)C2=CCCO2)C1. The van der Waals surface area contributed by atoms with Crippen LogP contribution in [0, 0.1) is 0 Å². The Labute approximate surface area is 96.5 Å². The Bertz CT molecular complexity index is 258. The topological polar surface area (TPSA) is 59.8 Å². The van der Waals surface area contributed by atoms with E-state index >= 15 is 0 Å². The number of nitrogens with zero attached hydrogens (tertiary/aromatic N) is 1. The molecule has 5 nitrogen and oxygen atoms in total. The van der Waals surface area contributed by atoms with Crippen LogP contribution in [0.15, 0.2) is 11.8 Å². The van der Waals surface area contributed by atoms with Gasteiger partial charge in [0.1, 0.15) is 11.8 Å². The lowest BCUT2D eigenvalue weighted by atomic mass is 10.1. The summed E-state index contributed by atoms with van der Waals surface area (Å²) in [6.45, 7) is 6.66. The molecule has 2 unspecified atom stereocenters. The van der Waals surface area contributed by atoms with E-state index in [1.165, 1.54) is 0 Å². The number of nitrogens with one attached hydrogen (secondary N) is 1. The van der Waals surface area contributed by atoms with Crippen LogP contribution in [-0.4, -0.2) is 49.9 Å². The minimum atomic E-state index is -0.0168. The Balaban J connectivity index is 1.97. The molecular formula is C11H21N3O2. The van der Waals surface area contributed by atoms with Crippen molar-refractivity contribution in [3.63, 3.8) is 0 Å².